The van der Waals surface area contributed by atoms with E-state index in [2.05, 4.69) is 20.3 Å². The summed E-state index contributed by atoms with van der Waals surface area (Å²) in [4.78, 5) is 12.8. The minimum Gasteiger partial charge on any atom is -0.495 e. The van der Waals surface area contributed by atoms with Crippen molar-refractivity contribution in [2.75, 3.05) is 19.5 Å². The molecule has 12 heteroatoms. The average Bonchev–Trinajstić information content (AvgIpc) is 2.82. The number of nitrogens with one attached hydrogen (secondary N) is 1. The van der Waals surface area contributed by atoms with Gasteiger partial charge in [0.2, 0.25) is 0 Å². The average molecular weight is 524 g/mol. The summed E-state index contributed by atoms with van der Waals surface area (Å²) in [7, 11) is 2.84. The van der Waals surface area contributed by atoms with Crippen LogP contribution in [0.5, 0.6) is 5.75 Å². The molecule has 0 amide bonds. The second-order valence-corrected chi connectivity index (χ2v) is 7.72. The summed E-state index contributed by atoms with van der Waals surface area (Å²) in [5.41, 5.74) is 1.05. The Hall–Kier alpha value is -3.93. The molecule has 0 spiro atoms. The fraction of sp³-hybridized carbons (Fsp3) is 0.240. The molecule has 0 saturated carbocycles. The highest BCUT2D eigenvalue weighted by molar-refractivity contribution is 5.95. The van der Waals surface area contributed by atoms with Gasteiger partial charge in [0.05, 0.1) is 48.1 Å². The van der Waals surface area contributed by atoms with Crippen LogP contribution in [0.2, 0.25) is 0 Å². The van der Waals surface area contributed by atoms with E-state index < -0.39 is 17.9 Å². The van der Waals surface area contributed by atoms with Crippen LogP contribution in [0.25, 0.3) is 22.2 Å². The van der Waals surface area contributed by atoms with Gasteiger partial charge in [-0.15, -0.1) is 0 Å². The summed E-state index contributed by atoms with van der Waals surface area (Å²) >= 11 is 0. The van der Waals surface area contributed by atoms with Crippen LogP contribution >= 0.6 is 0 Å². The molecule has 3 aromatic heterocycles. The van der Waals surface area contributed by atoms with Crippen molar-refractivity contribution in [3.8, 4) is 17.0 Å². The van der Waals surface area contributed by atoms with Crippen LogP contribution in [0.3, 0.4) is 0 Å². The summed E-state index contributed by atoms with van der Waals surface area (Å²) in [6, 6.07) is 13.1. The molecule has 0 bridgehead atoms. The molecule has 0 atom stereocenters. The number of hydrogen-bond acceptors (Lipinski definition) is 6. The lowest BCUT2D eigenvalue weighted by molar-refractivity contribution is -0.137. The first-order valence-corrected chi connectivity index (χ1v) is 10.7. The van der Waals surface area contributed by atoms with Gasteiger partial charge in [-0.25, -0.2) is 4.98 Å². The number of pyridine rings is 3. The van der Waals surface area contributed by atoms with Gasteiger partial charge >= 0.3 is 12.4 Å². The Morgan fingerprint density at radius 3 is 2.24 bits per heavy atom. The predicted octanol–water partition coefficient (Wildman–Crippen LogP) is 7.18. The van der Waals surface area contributed by atoms with E-state index in [4.69, 9.17) is 9.47 Å². The number of alkyl halides is 6. The van der Waals surface area contributed by atoms with E-state index >= 15 is 0 Å². The second kappa shape index (κ2) is 11.4. The summed E-state index contributed by atoms with van der Waals surface area (Å²) in [6.45, 7) is 0.429. The summed E-state index contributed by atoms with van der Waals surface area (Å²) in [5.74, 6) is 0.660. The minimum atomic E-state index is -4.59. The number of anilines is 2. The van der Waals surface area contributed by atoms with E-state index in [0.29, 0.717) is 28.3 Å². The number of halogens is 6. The first-order chi connectivity index (χ1) is 17.4. The molecule has 4 aromatic rings. The normalized spacial score (nSPS) is 11.6. The number of hydrogen-bond donors (Lipinski definition) is 1. The number of rotatable bonds is 6. The van der Waals surface area contributed by atoms with Crippen LogP contribution < -0.4 is 10.1 Å². The fourth-order valence-electron chi connectivity index (χ4n) is 3.33. The smallest absolute Gasteiger partial charge is 0.418 e. The zero-order valence-corrected chi connectivity index (χ0v) is 19.9. The van der Waals surface area contributed by atoms with Crippen molar-refractivity contribution in [3.63, 3.8) is 0 Å². The maximum atomic E-state index is 13.7. The molecule has 0 unspecified atom stereocenters. The number of nitrogens with zero attached hydrogens (tertiary/aromatic N) is 3. The van der Waals surface area contributed by atoms with Crippen molar-refractivity contribution in [1.82, 2.24) is 15.0 Å². The lowest BCUT2D eigenvalue weighted by atomic mass is 10.0. The van der Waals surface area contributed by atoms with Gasteiger partial charge in [0, 0.05) is 31.2 Å². The van der Waals surface area contributed by atoms with E-state index in [1.54, 1.807) is 37.6 Å². The monoisotopic (exact) mass is 524 g/mol. The van der Waals surface area contributed by atoms with Crippen molar-refractivity contribution in [2.24, 2.45) is 0 Å². The second-order valence-electron chi connectivity index (χ2n) is 7.72. The van der Waals surface area contributed by atoms with Crippen molar-refractivity contribution in [1.29, 1.82) is 0 Å². The van der Waals surface area contributed by atoms with Crippen LogP contribution in [0.1, 0.15) is 18.2 Å². The van der Waals surface area contributed by atoms with E-state index in [0.717, 1.165) is 11.5 Å². The molecule has 0 aliphatic rings. The maximum Gasteiger partial charge on any atom is 0.418 e. The summed E-state index contributed by atoms with van der Waals surface area (Å²) in [6.07, 6.45) is -5.67. The Balaban J connectivity index is 0.000000695. The number of aromatic nitrogens is 3. The zero-order valence-electron chi connectivity index (χ0n) is 19.9. The highest BCUT2D eigenvalue weighted by Gasteiger charge is 2.35. The van der Waals surface area contributed by atoms with Gasteiger partial charge in [0.25, 0.3) is 0 Å². The van der Waals surface area contributed by atoms with Crippen LogP contribution in [0, 0.1) is 0 Å². The molecule has 0 aliphatic carbocycles. The highest BCUT2D eigenvalue weighted by atomic mass is 19.4. The number of methoxy groups -OCH3 is 2. The molecular weight excluding hydrogens is 502 g/mol. The van der Waals surface area contributed by atoms with E-state index in [1.807, 2.05) is 18.2 Å². The van der Waals surface area contributed by atoms with Crippen molar-refractivity contribution < 1.29 is 35.8 Å². The molecule has 0 radical (unpaired) electrons. The number of ether oxygens (including phenoxy) is 2. The van der Waals surface area contributed by atoms with Crippen LogP contribution in [0.4, 0.5) is 37.8 Å². The Morgan fingerprint density at radius 1 is 0.919 bits per heavy atom. The zero-order chi connectivity index (χ0) is 27.2. The number of benzene rings is 1. The highest BCUT2D eigenvalue weighted by Crippen LogP contribution is 2.39. The SMILES string of the molecule is CC(F)(F)F.COCc1cc(Nc2ccccn2)c2ccc(-c3ncc(OC)cc3C(F)(F)F)cc2n1. The Morgan fingerprint density at radius 2 is 1.65 bits per heavy atom. The van der Waals surface area contributed by atoms with Gasteiger partial charge in [-0.3, -0.25) is 9.97 Å². The molecule has 37 heavy (non-hydrogen) atoms. The molecule has 0 saturated heterocycles. The topological polar surface area (TPSA) is 69.2 Å². The third-order valence-electron chi connectivity index (χ3n) is 4.76. The quantitative estimate of drug-likeness (QED) is 0.270. The molecule has 196 valence electrons. The Kier molecular flexibility index (Phi) is 8.53. The lowest BCUT2D eigenvalue weighted by Crippen LogP contribution is -2.09. The number of fused-ring (bicyclic) bond motifs is 1. The molecule has 0 fully saturated rings. The first kappa shape index (κ1) is 27.7. The van der Waals surface area contributed by atoms with Gasteiger partial charge in [0.15, 0.2) is 0 Å². The van der Waals surface area contributed by atoms with Crippen molar-refractivity contribution in [2.45, 2.75) is 25.9 Å². The summed E-state index contributed by atoms with van der Waals surface area (Å²) in [5, 5.41) is 3.96. The molecule has 3 heterocycles. The molecule has 6 nitrogen and oxygen atoms in total. The van der Waals surface area contributed by atoms with Gasteiger partial charge in [0.1, 0.15) is 11.6 Å². The van der Waals surface area contributed by atoms with Gasteiger partial charge in [-0.05, 0) is 30.3 Å². The molecule has 4 rings (SSSR count). The summed E-state index contributed by atoms with van der Waals surface area (Å²) < 4.78 is 82.3. The molecule has 1 N–H and O–H groups in total. The lowest BCUT2D eigenvalue weighted by Gasteiger charge is -2.15. The van der Waals surface area contributed by atoms with Crippen molar-refractivity contribution in [3.05, 3.63) is 72.2 Å². The fourth-order valence-corrected chi connectivity index (χ4v) is 3.33. The Labute approximate surface area is 208 Å². The van der Waals surface area contributed by atoms with Crippen molar-refractivity contribution >= 4 is 22.4 Å². The van der Waals surface area contributed by atoms with E-state index in [-0.39, 0.29) is 25.0 Å². The molecular formula is C25H22F6N4O2. The Bertz CT molecular complexity index is 1340. The third kappa shape index (κ3) is 7.78. The van der Waals surface area contributed by atoms with Gasteiger partial charge < -0.3 is 14.8 Å². The molecule has 1 aromatic carbocycles. The van der Waals surface area contributed by atoms with Gasteiger partial charge in [-0.2, -0.15) is 26.3 Å². The maximum absolute atomic E-state index is 13.7. The largest absolute Gasteiger partial charge is 0.495 e. The van der Waals surface area contributed by atoms with Crippen LogP contribution in [-0.2, 0) is 17.5 Å². The third-order valence-corrected chi connectivity index (χ3v) is 4.76. The van der Waals surface area contributed by atoms with E-state index in [9.17, 15) is 26.3 Å². The standard InChI is InChI=1S/C23H19F3N4O2.C2H3F3/c1-31-13-15-10-20(30-21-5-3-4-8-27-21)17-7-6-14(9-19(17)29-15)22-18(23(24,25)26)11-16(32-2)12-28-22;1-2(3,4)5/h3-12H,13H2,1-2H3,(H,27,29,30);1H3. The first-order valence-electron chi connectivity index (χ1n) is 10.7. The van der Waals surface area contributed by atoms with Gasteiger partial charge in [-0.1, -0.05) is 18.2 Å². The predicted molar refractivity (Wildman–Crippen MR) is 126 cm³/mol. The molecule has 0 aliphatic heterocycles. The van der Waals surface area contributed by atoms with Crippen LogP contribution in [0.15, 0.2) is 60.9 Å². The minimum absolute atomic E-state index is 0.0317. The van der Waals surface area contributed by atoms with E-state index in [1.165, 1.54) is 13.3 Å². The van der Waals surface area contributed by atoms with Crippen LogP contribution in [-0.4, -0.2) is 35.3 Å².